The van der Waals surface area contributed by atoms with Crippen molar-refractivity contribution in [3.63, 3.8) is 0 Å². The van der Waals surface area contributed by atoms with Crippen LogP contribution >= 0.6 is 7.82 Å². The summed E-state index contributed by atoms with van der Waals surface area (Å²) in [4.78, 5) is 23.3. The molecule has 0 aliphatic rings. The summed E-state index contributed by atoms with van der Waals surface area (Å²) in [6, 6.07) is -0.860. The number of carbonyl (C=O) groups excluding carboxylic acids is 1. The summed E-state index contributed by atoms with van der Waals surface area (Å²) in [7, 11) is 1.57. The molecule has 0 aliphatic heterocycles. The molecule has 0 saturated carbocycles. The molecule has 0 aromatic carbocycles. The van der Waals surface area contributed by atoms with Gasteiger partial charge in [-0.2, -0.15) is 0 Å². The van der Waals surface area contributed by atoms with Gasteiger partial charge in [0.05, 0.1) is 39.9 Å². The Bertz CT molecular complexity index is 1320. The Labute approximate surface area is 487 Å². The third-order valence-corrected chi connectivity index (χ3v) is 17.2. The number of hydrogen-bond donors (Lipinski definition) is 3. The van der Waals surface area contributed by atoms with Crippen molar-refractivity contribution < 1.29 is 32.9 Å². The highest BCUT2D eigenvalue weighted by Crippen LogP contribution is 2.43. The number of nitrogens with zero attached hydrogens (tertiary/aromatic N) is 1. The molecule has 78 heavy (non-hydrogen) atoms. The largest absolute Gasteiger partial charge is 0.472 e. The summed E-state index contributed by atoms with van der Waals surface area (Å²) in [6.45, 7) is 4.84. The van der Waals surface area contributed by atoms with Gasteiger partial charge in [0, 0.05) is 6.42 Å². The van der Waals surface area contributed by atoms with Gasteiger partial charge in [0.15, 0.2) is 0 Å². The molecule has 0 fully saturated rings. The van der Waals surface area contributed by atoms with Crippen LogP contribution in [-0.2, 0) is 18.4 Å². The van der Waals surface area contributed by atoms with Crippen LogP contribution in [-0.4, -0.2) is 73.4 Å². The van der Waals surface area contributed by atoms with E-state index >= 15 is 0 Å². The zero-order valence-corrected chi connectivity index (χ0v) is 54.1. The first-order valence-electron chi connectivity index (χ1n) is 34.7. The molecular weight excluding hydrogens is 984 g/mol. The van der Waals surface area contributed by atoms with Crippen LogP contribution in [0.3, 0.4) is 0 Å². The summed E-state index contributed by atoms with van der Waals surface area (Å²) in [6.07, 6.45) is 79.3. The van der Waals surface area contributed by atoms with E-state index in [4.69, 9.17) is 9.05 Å². The normalized spacial score (nSPS) is 13.8. The monoisotopic (exact) mass is 1120 g/mol. The fourth-order valence-corrected chi connectivity index (χ4v) is 11.5. The lowest BCUT2D eigenvalue weighted by Crippen LogP contribution is -2.45. The first kappa shape index (κ1) is 77.0. The van der Waals surface area contributed by atoms with Crippen molar-refractivity contribution in [1.82, 2.24) is 5.32 Å². The lowest BCUT2D eigenvalue weighted by molar-refractivity contribution is -0.870. The Morgan fingerprint density at radius 3 is 1.03 bits per heavy atom. The van der Waals surface area contributed by atoms with Crippen LogP contribution in [0.15, 0.2) is 24.3 Å². The van der Waals surface area contributed by atoms with Gasteiger partial charge in [0.2, 0.25) is 5.91 Å². The van der Waals surface area contributed by atoms with Gasteiger partial charge in [-0.15, -0.1) is 0 Å². The van der Waals surface area contributed by atoms with E-state index < -0.39 is 20.0 Å². The van der Waals surface area contributed by atoms with Crippen LogP contribution in [0, 0.1) is 0 Å². The number of aliphatic hydroxyl groups is 1. The van der Waals surface area contributed by atoms with Crippen LogP contribution in [0.4, 0.5) is 0 Å². The molecule has 0 aromatic heterocycles. The highest BCUT2D eigenvalue weighted by atomic mass is 31.2. The Morgan fingerprint density at radius 2 is 0.705 bits per heavy atom. The minimum atomic E-state index is -4.35. The fraction of sp³-hybridized carbons (Fsp3) is 0.928. The molecular formula is C69H138N2O6P+. The fourth-order valence-electron chi connectivity index (χ4n) is 10.8. The molecule has 0 aliphatic carbocycles. The van der Waals surface area contributed by atoms with Crippen LogP contribution < -0.4 is 5.32 Å². The van der Waals surface area contributed by atoms with Gasteiger partial charge in [0.25, 0.3) is 0 Å². The van der Waals surface area contributed by atoms with Crippen molar-refractivity contribution in [2.24, 2.45) is 0 Å². The van der Waals surface area contributed by atoms with Crippen LogP contribution in [0.25, 0.3) is 0 Å². The maximum absolute atomic E-state index is 13.0. The van der Waals surface area contributed by atoms with Crippen LogP contribution in [0.2, 0.25) is 0 Å². The van der Waals surface area contributed by atoms with Gasteiger partial charge in [0.1, 0.15) is 13.2 Å². The summed E-state index contributed by atoms with van der Waals surface area (Å²) in [5.41, 5.74) is 0. The first-order valence-corrected chi connectivity index (χ1v) is 36.2. The molecule has 9 heteroatoms. The van der Waals surface area contributed by atoms with E-state index in [2.05, 4.69) is 31.3 Å². The molecule has 3 atom stereocenters. The van der Waals surface area contributed by atoms with Crippen LogP contribution in [0.5, 0.6) is 0 Å². The van der Waals surface area contributed by atoms with Gasteiger partial charge in [-0.05, 0) is 32.1 Å². The zero-order chi connectivity index (χ0) is 57.0. The number of quaternary nitrogens is 1. The molecule has 0 bridgehead atoms. The average molecular weight is 1120 g/mol. The number of allylic oxidation sites excluding steroid dienone is 3. The molecule has 0 radical (unpaired) electrons. The van der Waals surface area contributed by atoms with Gasteiger partial charge in [-0.1, -0.05) is 346 Å². The van der Waals surface area contributed by atoms with Gasteiger partial charge in [-0.25, -0.2) is 4.57 Å². The molecule has 0 saturated heterocycles. The minimum absolute atomic E-state index is 0.0587. The number of unbranched alkanes of at least 4 members (excludes halogenated alkanes) is 50. The number of nitrogens with one attached hydrogen (secondary N) is 1. The second-order valence-electron chi connectivity index (χ2n) is 25.3. The summed E-state index contributed by atoms with van der Waals surface area (Å²) >= 11 is 0. The molecule has 1 amide bonds. The molecule has 464 valence electrons. The Kier molecular flexibility index (Phi) is 59.8. The highest BCUT2D eigenvalue weighted by Gasteiger charge is 2.28. The Hall–Kier alpha value is -1.02. The van der Waals surface area contributed by atoms with Crippen molar-refractivity contribution >= 4 is 13.7 Å². The van der Waals surface area contributed by atoms with E-state index in [0.717, 1.165) is 38.5 Å². The number of likely N-dealkylation sites (N-methyl/N-ethyl adjacent to an activating group) is 1. The predicted octanol–water partition coefficient (Wildman–Crippen LogP) is 21.9. The number of amides is 1. The number of phosphoric acid groups is 1. The third-order valence-electron chi connectivity index (χ3n) is 16.2. The minimum Gasteiger partial charge on any atom is -0.387 e. The number of aliphatic hydroxyl groups excluding tert-OH is 1. The number of hydrogen-bond acceptors (Lipinski definition) is 5. The number of rotatable bonds is 65. The van der Waals surface area contributed by atoms with E-state index in [1.165, 1.54) is 302 Å². The maximum atomic E-state index is 13.0. The molecule has 3 N–H and O–H groups in total. The summed E-state index contributed by atoms with van der Waals surface area (Å²) < 4.78 is 23.7. The molecule has 0 heterocycles. The van der Waals surface area contributed by atoms with Crippen molar-refractivity contribution in [2.75, 3.05) is 40.9 Å². The topological polar surface area (TPSA) is 105 Å². The molecule has 0 aromatic rings. The molecule has 8 nitrogen and oxygen atoms in total. The summed E-state index contributed by atoms with van der Waals surface area (Å²) in [5, 5.41) is 13.9. The highest BCUT2D eigenvalue weighted by molar-refractivity contribution is 7.47. The SMILES string of the molecule is CCCCCCCCCCC/C=C/CC/C=C/C(O)C(COP(=O)(O)OCC[N+](C)(C)C)NC(=O)CCCCCCCCCCCCCCCCCCCCCCCCCCCCCCCCCCCCCCCCCCC. The lowest BCUT2D eigenvalue weighted by Gasteiger charge is -2.25. The Balaban J connectivity index is 3.83. The van der Waals surface area contributed by atoms with Crippen molar-refractivity contribution in [1.29, 1.82) is 0 Å². The summed E-state index contributed by atoms with van der Waals surface area (Å²) in [5.74, 6) is -0.180. The van der Waals surface area contributed by atoms with E-state index in [-0.39, 0.29) is 19.1 Å². The quantitative estimate of drug-likeness (QED) is 0.0243. The number of phosphoric ester groups is 1. The lowest BCUT2D eigenvalue weighted by atomic mass is 10.0. The number of carbonyl (C=O) groups is 1. The molecule has 0 spiro atoms. The first-order chi connectivity index (χ1) is 38.0. The van der Waals surface area contributed by atoms with Gasteiger partial charge >= 0.3 is 7.82 Å². The standard InChI is InChI=1S/C69H137N2O6P/c1-6-8-10-12-14-16-18-20-22-23-24-25-26-27-28-29-30-31-32-33-34-35-36-37-38-39-40-41-42-43-44-45-46-47-49-51-53-55-57-59-61-63-69(73)70-67(66-77-78(74,75)76-65-64-71(3,4)5)68(72)62-60-58-56-54-52-50-48-21-19-17-15-13-11-9-7-2/h52,54,60,62,67-68,72H,6-51,53,55-59,61,63-66H2,1-5H3,(H-,70,73,74,75)/p+1/b54-52+,62-60+. The van der Waals surface area contributed by atoms with Crippen molar-refractivity contribution in [2.45, 2.75) is 373 Å². The second kappa shape index (κ2) is 60.6. The van der Waals surface area contributed by atoms with E-state index in [9.17, 15) is 19.4 Å². The molecule has 3 unspecified atom stereocenters. The van der Waals surface area contributed by atoms with Crippen molar-refractivity contribution in [3.8, 4) is 0 Å². The second-order valence-corrected chi connectivity index (χ2v) is 26.7. The average Bonchev–Trinajstić information content (AvgIpc) is 3.41. The van der Waals surface area contributed by atoms with E-state index in [0.29, 0.717) is 17.4 Å². The van der Waals surface area contributed by atoms with E-state index in [1.807, 2.05) is 27.2 Å². The zero-order valence-electron chi connectivity index (χ0n) is 53.2. The van der Waals surface area contributed by atoms with Crippen LogP contribution in [0.1, 0.15) is 361 Å². The van der Waals surface area contributed by atoms with Gasteiger partial charge < -0.3 is 19.8 Å². The van der Waals surface area contributed by atoms with E-state index in [1.54, 1.807) is 6.08 Å². The third kappa shape index (κ3) is 62.6. The maximum Gasteiger partial charge on any atom is 0.472 e. The smallest absolute Gasteiger partial charge is 0.387 e. The molecule has 0 rings (SSSR count). The van der Waals surface area contributed by atoms with Crippen molar-refractivity contribution in [3.05, 3.63) is 24.3 Å². The Morgan fingerprint density at radius 1 is 0.423 bits per heavy atom. The van der Waals surface area contributed by atoms with Gasteiger partial charge in [-0.3, -0.25) is 13.8 Å². The predicted molar refractivity (Wildman–Crippen MR) is 342 cm³/mol.